The molecule has 148 valence electrons. The van der Waals surface area contributed by atoms with Gasteiger partial charge in [-0.25, -0.2) is 4.79 Å². The number of thiophene rings is 1. The third-order valence-electron chi connectivity index (χ3n) is 4.48. The van der Waals surface area contributed by atoms with E-state index in [0.717, 1.165) is 36.4 Å². The first-order chi connectivity index (χ1) is 13.6. The first-order valence-electron chi connectivity index (χ1n) is 9.18. The number of hydrogen-bond donors (Lipinski definition) is 2. The van der Waals surface area contributed by atoms with Crippen LogP contribution in [0, 0.1) is 0 Å². The van der Waals surface area contributed by atoms with Gasteiger partial charge in [0.1, 0.15) is 5.00 Å². The highest BCUT2D eigenvalue weighted by Crippen LogP contribution is 2.35. The summed E-state index contributed by atoms with van der Waals surface area (Å²) in [6, 6.07) is 11.7. The van der Waals surface area contributed by atoms with Gasteiger partial charge in [0.15, 0.2) is 5.11 Å². The van der Waals surface area contributed by atoms with Crippen LogP contribution in [0.25, 0.3) is 10.4 Å². The lowest BCUT2D eigenvalue weighted by Crippen LogP contribution is -2.32. The van der Waals surface area contributed by atoms with Crippen LogP contribution in [0.5, 0.6) is 0 Å². The molecule has 1 aromatic carbocycles. The minimum atomic E-state index is -0.406. The lowest BCUT2D eigenvalue weighted by Gasteiger charge is -2.16. The number of thiocarbonyl (C=S) groups is 1. The maximum absolute atomic E-state index is 12.1. The molecule has 1 fully saturated rings. The standard InChI is InChI=1S/C20H23N3O3S2/c1-26-19(25)15-13-16(14-7-3-2-4-8-14)28-18(15)22-20(27)21-10-6-12-23-11-5-9-17(23)24/h2-4,7-8,13H,5-6,9-12H2,1H3,(H2,21,22,27). The van der Waals surface area contributed by atoms with E-state index in [1.807, 2.05) is 41.3 Å². The summed E-state index contributed by atoms with van der Waals surface area (Å²) in [5.74, 6) is -0.174. The Hall–Kier alpha value is -2.45. The first kappa shape index (κ1) is 20.3. The molecule has 2 N–H and O–H groups in total. The summed E-state index contributed by atoms with van der Waals surface area (Å²) in [5, 5.41) is 7.35. The van der Waals surface area contributed by atoms with Crippen molar-refractivity contribution in [3.05, 3.63) is 42.0 Å². The van der Waals surface area contributed by atoms with Crippen LogP contribution in [-0.4, -0.2) is 48.6 Å². The van der Waals surface area contributed by atoms with Crippen molar-refractivity contribution in [3.63, 3.8) is 0 Å². The fraction of sp³-hybridized carbons (Fsp3) is 0.350. The fourth-order valence-electron chi connectivity index (χ4n) is 3.05. The number of carbonyl (C=O) groups is 2. The molecule has 8 heteroatoms. The number of nitrogens with one attached hydrogen (secondary N) is 2. The predicted molar refractivity (Wildman–Crippen MR) is 116 cm³/mol. The van der Waals surface area contributed by atoms with Crippen LogP contribution in [0.3, 0.4) is 0 Å². The second-order valence-electron chi connectivity index (χ2n) is 6.43. The average Bonchev–Trinajstić information content (AvgIpc) is 3.31. The lowest BCUT2D eigenvalue weighted by molar-refractivity contribution is -0.127. The number of carbonyl (C=O) groups excluding carboxylic acids is 2. The number of ether oxygens (including phenoxy) is 1. The van der Waals surface area contributed by atoms with Gasteiger partial charge in [0, 0.05) is 30.9 Å². The average molecular weight is 418 g/mol. The van der Waals surface area contributed by atoms with Gasteiger partial charge in [0.05, 0.1) is 12.7 Å². The van der Waals surface area contributed by atoms with E-state index in [2.05, 4.69) is 10.6 Å². The molecule has 0 bridgehead atoms. The molecule has 3 rings (SSSR count). The number of likely N-dealkylation sites (tertiary alicyclic amines) is 1. The van der Waals surface area contributed by atoms with Crippen molar-refractivity contribution in [1.82, 2.24) is 10.2 Å². The van der Waals surface area contributed by atoms with Gasteiger partial charge in [-0.1, -0.05) is 30.3 Å². The molecule has 0 radical (unpaired) electrons. The number of methoxy groups -OCH3 is 1. The Balaban J connectivity index is 1.58. The van der Waals surface area contributed by atoms with Crippen molar-refractivity contribution in [2.24, 2.45) is 0 Å². The quantitative estimate of drug-likeness (QED) is 0.408. The Labute approximate surface area is 173 Å². The largest absolute Gasteiger partial charge is 0.465 e. The van der Waals surface area contributed by atoms with Gasteiger partial charge in [-0.2, -0.15) is 0 Å². The SMILES string of the molecule is COC(=O)c1cc(-c2ccccc2)sc1NC(=S)NCCCN1CCCC1=O. The summed E-state index contributed by atoms with van der Waals surface area (Å²) in [6.45, 7) is 2.24. The third kappa shape index (κ3) is 5.08. The molecule has 1 amide bonds. The molecule has 1 aliphatic rings. The van der Waals surface area contributed by atoms with E-state index in [4.69, 9.17) is 17.0 Å². The Morgan fingerprint density at radius 1 is 1.32 bits per heavy atom. The van der Waals surface area contributed by atoms with Crippen LogP contribution in [0.2, 0.25) is 0 Å². The lowest BCUT2D eigenvalue weighted by atomic mass is 10.1. The fourth-order valence-corrected chi connectivity index (χ4v) is 4.37. The molecule has 0 atom stereocenters. The Morgan fingerprint density at radius 3 is 2.79 bits per heavy atom. The highest BCUT2D eigenvalue weighted by atomic mass is 32.1. The van der Waals surface area contributed by atoms with E-state index in [9.17, 15) is 9.59 Å². The molecule has 0 unspecified atom stereocenters. The number of amides is 1. The molecular formula is C20H23N3O3S2. The molecule has 1 aromatic heterocycles. The van der Waals surface area contributed by atoms with Crippen molar-refractivity contribution in [3.8, 4) is 10.4 Å². The summed E-state index contributed by atoms with van der Waals surface area (Å²) < 4.78 is 4.90. The Bertz CT molecular complexity index is 852. The van der Waals surface area contributed by atoms with Crippen molar-refractivity contribution >= 4 is 45.5 Å². The highest BCUT2D eigenvalue weighted by Gasteiger charge is 2.20. The van der Waals surface area contributed by atoms with Crippen LogP contribution in [-0.2, 0) is 9.53 Å². The summed E-state index contributed by atoms with van der Waals surface area (Å²) in [4.78, 5) is 26.6. The zero-order chi connectivity index (χ0) is 19.9. The maximum atomic E-state index is 12.1. The van der Waals surface area contributed by atoms with Crippen molar-refractivity contribution in [1.29, 1.82) is 0 Å². The van der Waals surface area contributed by atoms with Crippen LogP contribution in [0.15, 0.2) is 36.4 Å². The monoisotopic (exact) mass is 417 g/mol. The number of anilines is 1. The maximum Gasteiger partial charge on any atom is 0.340 e. The van der Waals surface area contributed by atoms with Gasteiger partial charge in [0.25, 0.3) is 0 Å². The minimum absolute atomic E-state index is 0.232. The van der Waals surface area contributed by atoms with Gasteiger partial charge >= 0.3 is 5.97 Å². The summed E-state index contributed by atoms with van der Waals surface area (Å²) in [5.41, 5.74) is 1.48. The normalized spacial score (nSPS) is 13.5. The molecule has 2 aromatic rings. The van der Waals surface area contributed by atoms with Crippen LogP contribution in [0.4, 0.5) is 5.00 Å². The van der Waals surface area contributed by atoms with Crippen molar-refractivity contribution in [2.75, 3.05) is 32.1 Å². The van der Waals surface area contributed by atoms with Gasteiger partial charge in [0.2, 0.25) is 5.91 Å². The van der Waals surface area contributed by atoms with E-state index in [1.165, 1.54) is 18.4 Å². The number of esters is 1. The summed E-state index contributed by atoms with van der Waals surface area (Å²) >= 11 is 6.82. The minimum Gasteiger partial charge on any atom is -0.465 e. The highest BCUT2D eigenvalue weighted by molar-refractivity contribution is 7.80. The van der Waals surface area contributed by atoms with E-state index in [1.54, 1.807) is 0 Å². The van der Waals surface area contributed by atoms with E-state index < -0.39 is 5.97 Å². The number of hydrogen-bond acceptors (Lipinski definition) is 5. The summed E-state index contributed by atoms with van der Waals surface area (Å²) in [6.07, 6.45) is 2.42. The van der Waals surface area contributed by atoms with Crippen LogP contribution >= 0.6 is 23.6 Å². The van der Waals surface area contributed by atoms with Gasteiger partial charge in [-0.3, -0.25) is 4.79 Å². The molecule has 0 saturated carbocycles. The Kier molecular flexibility index (Phi) is 7.00. The summed E-state index contributed by atoms with van der Waals surface area (Å²) in [7, 11) is 1.36. The molecule has 2 heterocycles. The van der Waals surface area contributed by atoms with Crippen molar-refractivity contribution in [2.45, 2.75) is 19.3 Å². The molecule has 1 saturated heterocycles. The molecule has 0 spiro atoms. The van der Waals surface area contributed by atoms with Crippen LogP contribution < -0.4 is 10.6 Å². The smallest absolute Gasteiger partial charge is 0.340 e. The number of rotatable bonds is 7. The second-order valence-corrected chi connectivity index (χ2v) is 7.89. The van der Waals surface area contributed by atoms with Crippen molar-refractivity contribution < 1.29 is 14.3 Å². The predicted octanol–water partition coefficient (Wildman–Crippen LogP) is 3.50. The van der Waals surface area contributed by atoms with Gasteiger partial charge in [-0.05, 0) is 36.7 Å². The zero-order valence-electron chi connectivity index (χ0n) is 15.7. The van der Waals surface area contributed by atoms with Gasteiger partial charge < -0.3 is 20.3 Å². The van der Waals surface area contributed by atoms with Crippen LogP contribution in [0.1, 0.15) is 29.6 Å². The first-order valence-corrected chi connectivity index (χ1v) is 10.4. The number of nitrogens with zero attached hydrogens (tertiary/aromatic N) is 1. The molecular weight excluding hydrogens is 394 g/mol. The number of benzene rings is 1. The second kappa shape index (κ2) is 9.66. The Morgan fingerprint density at radius 2 is 2.11 bits per heavy atom. The molecule has 0 aliphatic carbocycles. The van der Waals surface area contributed by atoms with E-state index in [0.29, 0.717) is 28.6 Å². The van der Waals surface area contributed by atoms with E-state index >= 15 is 0 Å². The third-order valence-corrected chi connectivity index (χ3v) is 5.83. The van der Waals surface area contributed by atoms with Gasteiger partial charge in [-0.15, -0.1) is 11.3 Å². The molecule has 6 nitrogen and oxygen atoms in total. The molecule has 28 heavy (non-hydrogen) atoms. The topological polar surface area (TPSA) is 70.7 Å². The van der Waals surface area contributed by atoms with E-state index in [-0.39, 0.29) is 5.91 Å². The zero-order valence-corrected chi connectivity index (χ0v) is 17.3. The molecule has 1 aliphatic heterocycles.